The number of anilines is 2. The Morgan fingerprint density at radius 3 is 2.23 bits per heavy atom. The van der Waals surface area contributed by atoms with Crippen LogP contribution in [0.4, 0.5) is 15.8 Å². The molecule has 2 aliphatic rings. The van der Waals surface area contributed by atoms with Crippen LogP contribution in [0.25, 0.3) is 6.08 Å². The van der Waals surface area contributed by atoms with Gasteiger partial charge >= 0.3 is 0 Å². The van der Waals surface area contributed by atoms with Crippen molar-refractivity contribution in [2.75, 3.05) is 36.0 Å². The summed E-state index contributed by atoms with van der Waals surface area (Å²) >= 11 is 0. The lowest BCUT2D eigenvalue weighted by Gasteiger charge is -2.36. The highest BCUT2D eigenvalue weighted by Gasteiger charge is 2.31. The van der Waals surface area contributed by atoms with Gasteiger partial charge in [-0.25, -0.2) is 4.39 Å². The second kappa shape index (κ2) is 11.1. The van der Waals surface area contributed by atoms with Crippen molar-refractivity contribution in [1.29, 1.82) is 0 Å². The predicted octanol–water partition coefficient (Wildman–Crippen LogP) is 5.75. The molecule has 0 unspecified atom stereocenters. The molecule has 0 aromatic heterocycles. The minimum Gasteiger partial charge on any atom is -0.449 e. The summed E-state index contributed by atoms with van der Waals surface area (Å²) in [5, 5.41) is 0. The molecule has 0 saturated carbocycles. The fraction of sp³-hybridized carbons (Fsp3) is 0.152. The Morgan fingerprint density at radius 2 is 1.48 bits per heavy atom. The molecule has 200 valence electrons. The van der Waals surface area contributed by atoms with Crippen LogP contribution in [-0.4, -0.2) is 42.9 Å². The van der Waals surface area contributed by atoms with Gasteiger partial charge < -0.3 is 14.5 Å². The summed E-state index contributed by atoms with van der Waals surface area (Å²) in [5.74, 6) is -0.0934. The van der Waals surface area contributed by atoms with E-state index in [4.69, 9.17) is 4.74 Å². The van der Waals surface area contributed by atoms with Gasteiger partial charge in [0, 0.05) is 43.0 Å². The largest absolute Gasteiger partial charge is 0.449 e. The highest BCUT2D eigenvalue weighted by atomic mass is 19.1. The molecule has 1 saturated heterocycles. The van der Waals surface area contributed by atoms with E-state index in [0.717, 1.165) is 18.7 Å². The Balaban J connectivity index is 1.17. The molecule has 2 aliphatic heterocycles. The molecular weight excluding hydrogens is 505 g/mol. The number of nitrogens with zero attached hydrogens (tertiary/aromatic N) is 3. The van der Waals surface area contributed by atoms with Gasteiger partial charge in [0.1, 0.15) is 5.82 Å². The lowest BCUT2D eigenvalue weighted by molar-refractivity contribution is -0.117. The maximum absolute atomic E-state index is 14.4. The first kappa shape index (κ1) is 25.4. The molecule has 0 N–H and O–H groups in total. The van der Waals surface area contributed by atoms with E-state index >= 15 is 0 Å². The van der Waals surface area contributed by atoms with Gasteiger partial charge in [-0.15, -0.1) is 0 Å². The van der Waals surface area contributed by atoms with Crippen molar-refractivity contribution in [2.24, 2.45) is 0 Å². The van der Waals surface area contributed by atoms with Gasteiger partial charge in [0.05, 0.1) is 12.2 Å². The fourth-order valence-electron chi connectivity index (χ4n) is 5.08. The molecule has 4 aromatic rings. The molecule has 0 aliphatic carbocycles. The molecular formula is C33H28FN3O3. The van der Waals surface area contributed by atoms with Crippen LogP contribution in [0.2, 0.25) is 0 Å². The van der Waals surface area contributed by atoms with E-state index in [9.17, 15) is 14.0 Å². The number of amides is 2. The minimum atomic E-state index is -0.369. The lowest BCUT2D eigenvalue weighted by atomic mass is 10.1. The van der Waals surface area contributed by atoms with Crippen molar-refractivity contribution < 1.29 is 18.7 Å². The number of carbonyl (C=O) groups excluding carboxylic acids is 2. The summed E-state index contributed by atoms with van der Waals surface area (Å²) in [7, 11) is 0. The second-order valence-electron chi connectivity index (χ2n) is 9.80. The van der Waals surface area contributed by atoms with Crippen molar-refractivity contribution in [3.8, 4) is 5.75 Å². The Kier molecular flexibility index (Phi) is 7.02. The van der Waals surface area contributed by atoms with Crippen LogP contribution in [0.5, 0.6) is 5.75 Å². The average Bonchev–Trinajstić information content (AvgIpc) is 3.01. The molecule has 7 heteroatoms. The van der Waals surface area contributed by atoms with Gasteiger partial charge in [0.25, 0.3) is 11.8 Å². The predicted molar refractivity (Wildman–Crippen MR) is 154 cm³/mol. The molecule has 1 fully saturated rings. The summed E-state index contributed by atoms with van der Waals surface area (Å²) < 4.78 is 20.4. The fourth-order valence-corrected chi connectivity index (χ4v) is 5.08. The van der Waals surface area contributed by atoms with Gasteiger partial charge in [0.15, 0.2) is 11.5 Å². The average molecular weight is 534 g/mol. The number of fused-ring (bicyclic) bond motifs is 1. The third-order valence-electron chi connectivity index (χ3n) is 7.26. The lowest BCUT2D eigenvalue weighted by Crippen LogP contribution is -2.48. The molecule has 40 heavy (non-hydrogen) atoms. The van der Waals surface area contributed by atoms with Crippen LogP contribution in [0.3, 0.4) is 0 Å². The zero-order chi connectivity index (χ0) is 27.5. The SMILES string of the molecule is O=C(c1ccc(C=C2Oc3ccccc3N(Cc3ccccc3F)C2=O)cc1)N1CCN(c2ccccc2)CC1. The first-order chi connectivity index (χ1) is 19.6. The molecule has 6 nitrogen and oxygen atoms in total. The van der Waals surface area contributed by atoms with E-state index in [-0.39, 0.29) is 29.9 Å². The summed E-state index contributed by atoms with van der Waals surface area (Å²) in [6.45, 7) is 2.95. The molecule has 6 rings (SSSR count). The quantitative estimate of drug-likeness (QED) is 0.307. The number of rotatable bonds is 5. The van der Waals surface area contributed by atoms with E-state index in [0.29, 0.717) is 35.7 Å². The molecule has 2 amide bonds. The summed E-state index contributed by atoms with van der Waals surface area (Å²) in [6.07, 6.45) is 1.65. The zero-order valence-electron chi connectivity index (χ0n) is 21.9. The standard InChI is InChI=1S/C33H28FN3O3/c34-28-11-5-4-8-26(28)23-37-29-12-6-7-13-30(29)40-31(33(37)39)22-24-14-16-25(17-15-24)32(38)36-20-18-35(19-21-36)27-9-2-1-3-10-27/h1-17,22H,18-21,23H2. The molecule has 0 spiro atoms. The zero-order valence-corrected chi connectivity index (χ0v) is 21.9. The van der Waals surface area contributed by atoms with E-state index in [1.54, 1.807) is 60.7 Å². The van der Waals surface area contributed by atoms with E-state index in [1.165, 1.54) is 16.7 Å². The minimum absolute atomic E-state index is 0.0121. The number of hydrogen-bond donors (Lipinski definition) is 0. The monoisotopic (exact) mass is 533 g/mol. The number of piperazine rings is 1. The van der Waals surface area contributed by atoms with Gasteiger partial charge in [-0.05, 0) is 54.1 Å². The van der Waals surface area contributed by atoms with Crippen LogP contribution in [0.1, 0.15) is 21.5 Å². The number of ether oxygens (including phenoxy) is 1. The molecule has 0 bridgehead atoms. The highest BCUT2D eigenvalue weighted by molar-refractivity contribution is 6.09. The molecule has 4 aromatic carbocycles. The van der Waals surface area contributed by atoms with E-state index < -0.39 is 0 Å². The van der Waals surface area contributed by atoms with Crippen LogP contribution in [0, 0.1) is 5.82 Å². The van der Waals surface area contributed by atoms with Gasteiger partial charge in [-0.1, -0.05) is 60.7 Å². The van der Waals surface area contributed by atoms with E-state index in [1.807, 2.05) is 35.2 Å². The normalized spacial score (nSPS) is 16.1. The van der Waals surface area contributed by atoms with Crippen molar-refractivity contribution in [3.05, 3.63) is 131 Å². The van der Waals surface area contributed by atoms with Crippen molar-refractivity contribution in [2.45, 2.75) is 6.54 Å². The third kappa shape index (κ3) is 5.18. The second-order valence-corrected chi connectivity index (χ2v) is 9.80. The van der Waals surface area contributed by atoms with Crippen LogP contribution < -0.4 is 14.5 Å². The van der Waals surface area contributed by atoms with Crippen LogP contribution >= 0.6 is 0 Å². The number of hydrogen-bond acceptors (Lipinski definition) is 4. The van der Waals surface area contributed by atoms with Crippen molar-refractivity contribution in [3.63, 3.8) is 0 Å². The highest BCUT2D eigenvalue weighted by Crippen LogP contribution is 2.36. The first-order valence-corrected chi connectivity index (χ1v) is 13.3. The van der Waals surface area contributed by atoms with Crippen molar-refractivity contribution >= 4 is 29.3 Å². The summed E-state index contributed by atoms with van der Waals surface area (Å²) in [6, 6.07) is 31.0. The van der Waals surface area contributed by atoms with Gasteiger partial charge in [-0.2, -0.15) is 0 Å². The van der Waals surface area contributed by atoms with Gasteiger partial charge in [0.2, 0.25) is 0 Å². The van der Waals surface area contributed by atoms with Gasteiger partial charge in [-0.3, -0.25) is 14.5 Å². The topological polar surface area (TPSA) is 53.1 Å². The smallest absolute Gasteiger partial charge is 0.294 e. The number of halogens is 1. The van der Waals surface area contributed by atoms with Crippen LogP contribution in [-0.2, 0) is 11.3 Å². The number of benzene rings is 4. The molecule has 2 heterocycles. The van der Waals surface area contributed by atoms with E-state index in [2.05, 4.69) is 17.0 Å². The molecule has 0 radical (unpaired) electrons. The summed E-state index contributed by atoms with van der Waals surface area (Å²) in [4.78, 5) is 32.3. The Morgan fingerprint density at radius 1 is 0.800 bits per heavy atom. The maximum Gasteiger partial charge on any atom is 0.294 e. The Bertz CT molecular complexity index is 1560. The molecule has 0 atom stereocenters. The Labute approximate surface area is 232 Å². The van der Waals surface area contributed by atoms with Crippen LogP contribution in [0.15, 0.2) is 109 Å². The maximum atomic E-state index is 14.4. The number of carbonyl (C=O) groups is 2. The summed E-state index contributed by atoms with van der Waals surface area (Å²) in [5.41, 5.74) is 3.49. The first-order valence-electron chi connectivity index (χ1n) is 13.3. The van der Waals surface area contributed by atoms with Crippen molar-refractivity contribution in [1.82, 2.24) is 4.90 Å². The number of para-hydroxylation sites is 3. The Hall–Kier alpha value is -4.91. The third-order valence-corrected chi connectivity index (χ3v) is 7.26.